The van der Waals surface area contributed by atoms with Crippen LogP contribution in [-0.2, 0) is 10.2 Å². The van der Waals surface area contributed by atoms with Gasteiger partial charge in [-0.2, -0.15) is 22.7 Å². The van der Waals surface area contributed by atoms with Crippen molar-refractivity contribution in [2.24, 2.45) is 5.92 Å². The van der Waals surface area contributed by atoms with Crippen LogP contribution in [0.4, 0.5) is 0 Å². The largest absolute Gasteiger partial charge is 0.280 e. The third-order valence-electron chi connectivity index (χ3n) is 2.94. The molecule has 6 heteroatoms. The SMILES string of the molecule is CCC(C#N)NS(=O)(=O)N1CCC(C)CC1. The lowest BCUT2D eigenvalue weighted by Gasteiger charge is -2.29. The Labute approximate surface area is 97.6 Å². The van der Waals surface area contributed by atoms with E-state index in [1.165, 1.54) is 4.31 Å². The van der Waals surface area contributed by atoms with Crippen molar-refractivity contribution >= 4 is 10.2 Å². The number of nitrogens with one attached hydrogen (secondary N) is 1. The molecule has 16 heavy (non-hydrogen) atoms. The maximum atomic E-state index is 11.9. The third-order valence-corrected chi connectivity index (χ3v) is 4.57. The van der Waals surface area contributed by atoms with Crippen LogP contribution in [0.5, 0.6) is 0 Å². The Morgan fingerprint density at radius 3 is 2.50 bits per heavy atom. The summed E-state index contributed by atoms with van der Waals surface area (Å²) in [7, 11) is -3.47. The molecule has 5 nitrogen and oxygen atoms in total. The molecule has 1 rings (SSSR count). The molecular weight excluding hydrogens is 226 g/mol. The molecule has 0 saturated carbocycles. The van der Waals surface area contributed by atoms with Gasteiger partial charge in [-0.1, -0.05) is 13.8 Å². The Kier molecular flexibility index (Phi) is 4.71. The van der Waals surface area contributed by atoms with Gasteiger partial charge < -0.3 is 0 Å². The van der Waals surface area contributed by atoms with Crippen LogP contribution in [0, 0.1) is 17.2 Å². The molecule has 1 unspecified atom stereocenters. The maximum absolute atomic E-state index is 11.9. The molecule has 1 heterocycles. The van der Waals surface area contributed by atoms with E-state index in [0.717, 1.165) is 12.8 Å². The zero-order chi connectivity index (χ0) is 12.2. The van der Waals surface area contributed by atoms with Gasteiger partial charge in [0.05, 0.1) is 6.07 Å². The van der Waals surface area contributed by atoms with E-state index in [0.29, 0.717) is 25.4 Å². The molecule has 1 aliphatic heterocycles. The van der Waals surface area contributed by atoms with Crippen LogP contribution in [0.3, 0.4) is 0 Å². The van der Waals surface area contributed by atoms with Gasteiger partial charge in [-0.3, -0.25) is 0 Å². The van der Waals surface area contributed by atoms with Crippen LogP contribution in [0.15, 0.2) is 0 Å². The topological polar surface area (TPSA) is 73.2 Å². The van der Waals surface area contributed by atoms with Gasteiger partial charge in [-0.15, -0.1) is 0 Å². The number of rotatable bonds is 4. The molecule has 1 atom stereocenters. The van der Waals surface area contributed by atoms with E-state index in [4.69, 9.17) is 5.26 Å². The molecule has 0 aromatic heterocycles. The number of piperidine rings is 1. The summed E-state index contributed by atoms with van der Waals surface area (Å²) < 4.78 is 27.6. The van der Waals surface area contributed by atoms with Crippen LogP contribution in [0.1, 0.15) is 33.1 Å². The molecule has 1 N–H and O–H groups in total. The van der Waals surface area contributed by atoms with Crippen molar-refractivity contribution in [2.75, 3.05) is 13.1 Å². The second kappa shape index (κ2) is 5.62. The van der Waals surface area contributed by atoms with Crippen LogP contribution in [0.2, 0.25) is 0 Å². The smallest absolute Gasteiger partial charge is 0.197 e. The number of nitrogens with zero attached hydrogens (tertiary/aromatic N) is 2. The number of nitriles is 1. The van der Waals surface area contributed by atoms with Crippen molar-refractivity contribution in [3.8, 4) is 6.07 Å². The second-order valence-electron chi connectivity index (χ2n) is 4.29. The normalized spacial score (nSPS) is 21.6. The Balaban J connectivity index is 2.61. The fourth-order valence-corrected chi connectivity index (χ4v) is 3.10. The molecule has 92 valence electrons. The van der Waals surface area contributed by atoms with E-state index in [1.54, 1.807) is 6.92 Å². The Bertz CT molecular complexity index is 353. The van der Waals surface area contributed by atoms with Crippen LogP contribution in [0.25, 0.3) is 0 Å². The van der Waals surface area contributed by atoms with Crippen molar-refractivity contribution < 1.29 is 8.42 Å². The molecule has 1 fully saturated rings. The summed E-state index contributed by atoms with van der Waals surface area (Å²) >= 11 is 0. The van der Waals surface area contributed by atoms with Crippen LogP contribution >= 0.6 is 0 Å². The van der Waals surface area contributed by atoms with Crippen molar-refractivity contribution in [3.05, 3.63) is 0 Å². The predicted molar refractivity (Wildman–Crippen MR) is 61.7 cm³/mol. The fraction of sp³-hybridized carbons (Fsp3) is 0.900. The van der Waals surface area contributed by atoms with Gasteiger partial charge in [-0.25, -0.2) is 0 Å². The lowest BCUT2D eigenvalue weighted by molar-refractivity contribution is 0.284. The van der Waals surface area contributed by atoms with Gasteiger partial charge in [0.1, 0.15) is 6.04 Å². The van der Waals surface area contributed by atoms with Gasteiger partial charge in [0, 0.05) is 13.1 Å². The molecule has 0 aromatic carbocycles. The summed E-state index contributed by atoms with van der Waals surface area (Å²) in [4.78, 5) is 0. The van der Waals surface area contributed by atoms with Gasteiger partial charge in [0.25, 0.3) is 10.2 Å². The molecule has 0 aromatic rings. The van der Waals surface area contributed by atoms with Gasteiger partial charge in [0.15, 0.2) is 0 Å². The van der Waals surface area contributed by atoms with Crippen molar-refractivity contribution in [3.63, 3.8) is 0 Å². The Morgan fingerprint density at radius 2 is 2.06 bits per heavy atom. The highest BCUT2D eigenvalue weighted by atomic mass is 32.2. The summed E-state index contributed by atoms with van der Waals surface area (Å²) in [5, 5.41) is 8.73. The van der Waals surface area contributed by atoms with E-state index in [2.05, 4.69) is 11.6 Å². The summed E-state index contributed by atoms with van der Waals surface area (Å²) in [5.41, 5.74) is 0. The van der Waals surface area contributed by atoms with Gasteiger partial charge >= 0.3 is 0 Å². The third kappa shape index (κ3) is 3.44. The Morgan fingerprint density at radius 1 is 1.50 bits per heavy atom. The minimum Gasteiger partial charge on any atom is -0.197 e. The zero-order valence-electron chi connectivity index (χ0n) is 9.81. The van der Waals surface area contributed by atoms with Crippen molar-refractivity contribution in [1.82, 2.24) is 9.03 Å². The summed E-state index contributed by atoms with van der Waals surface area (Å²) in [6.07, 6.45) is 2.27. The number of hydrogen-bond acceptors (Lipinski definition) is 3. The molecule has 1 saturated heterocycles. The first-order chi connectivity index (χ1) is 7.49. The summed E-state index contributed by atoms with van der Waals surface area (Å²) in [6.45, 7) is 5.02. The molecular formula is C10H19N3O2S. The maximum Gasteiger partial charge on any atom is 0.280 e. The van der Waals surface area contributed by atoms with E-state index < -0.39 is 16.3 Å². The molecule has 0 amide bonds. The van der Waals surface area contributed by atoms with Gasteiger partial charge in [0.2, 0.25) is 0 Å². The van der Waals surface area contributed by atoms with E-state index in [9.17, 15) is 8.42 Å². The first-order valence-corrected chi connectivity index (χ1v) is 7.10. The zero-order valence-corrected chi connectivity index (χ0v) is 10.6. The van der Waals surface area contributed by atoms with E-state index >= 15 is 0 Å². The van der Waals surface area contributed by atoms with E-state index in [1.807, 2.05) is 6.07 Å². The van der Waals surface area contributed by atoms with Crippen molar-refractivity contribution in [1.29, 1.82) is 5.26 Å². The second-order valence-corrected chi connectivity index (χ2v) is 6.00. The monoisotopic (exact) mass is 245 g/mol. The molecule has 0 bridgehead atoms. The quantitative estimate of drug-likeness (QED) is 0.798. The number of hydrogen-bond donors (Lipinski definition) is 1. The highest BCUT2D eigenvalue weighted by molar-refractivity contribution is 7.87. The lowest BCUT2D eigenvalue weighted by Crippen LogP contribution is -2.47. The standard InChI is InChI=1S/C10H19N3O2S/c1-3-10(8-11)12-16(14,15)13-6-4-9(2)5-7-13/h9-10,12H,3-7H2,1-2H3. The van der Waals surface area contributed by atoms with Crippen molar-refractivity contribution in [2.45, 2.75) is 39.2 Å². The Hall–Kier alpha value is -0.640. The fourth-order valence-electron chi connectivity index (χ4n) is 1.68. The molecule has 0 aliphatic carbocycles. The minimum atomic E-state index is -3.47. The first kappa shape index (κ1) is 13.4. The van der Waals surface area contributed by atoms with Crippen LogP contribution in [-0.4, -0.2) is 31.9 Å². The molecule has 1 aliphatic rings. The molecule has 0 radical (unpaired) electrons. The lowest BCUT2D eigenvalue weighted by atomic mass is 10.0. The highest BCUT2D eigenvalue weighted by Gasteiger charge is 2.27. The average molecular weight is 245 g/mol. The highest BCUT2D eigenvalue weighted by Crippen LogP contribution is 2.18. The first-order valence-electron chi connectivity index (χ1n) is 5.66. The minimum absolute atomic E-state index is 0.486. The predicted octanol–water partition coefficient (Wildman–Crippen LogP) is 0.855. The van der Waals surface area contributed by atoms with E-state index in [-0.39, 0.29) is 0 Å². The summed E-state index contributed by atoms with van der Waals surface area (Å²) in [6, 6.07) is 1.32. The average Bonchev–Trinajstić information content (AvgIpc) is 2.26. The van der Waals surface area contributed by atoms with Crippen LogP contribution < -0.4 is 4.72 Å². The summed E-state index contributed by atoms with van der Waals surface area (Å²) in [5.74, 6) is 0.587. The van der Waals surface area contributed by atoms with Gasteiger partial charge in [-0.05, 0) is 25.2 Å². The molecule has 0 spiro atoms.